The van der Waals surface area contributed by atoms with E-state index < -0.39 is 0 Å². The number of aromatic nitrogens is 4. The third kappa shape index (κ3) is 1.34. The van der Waals surface area contributed by atoms with E-state index in [1.807, 2.05) is 0 Å². The van der Waals surface area contributed by atoms with Crippen molar-refractivity contribution in [3.63, 3.8) is 0 Å². The summed E-state index contributed by atoms with van der Waals surface area (Å²) < 4.78 is 0. The first-order valence-corrected chi connectivity index (χ1v) is 5.28. The van der Waals surface area contributed by atoms with Crippen LogP contribution < -0.4 is 4.90 Å². The highest BCUT2D eigenvalue weighted by molar-refractivity contribution is 6.24. The summed E-state index contributed by atoms with van der Waals surface area (Å²) in [7, 11) is 0. The molecule has 1 saturated heterocycles. The molecule has 0 radical (unpaired) electrons. The minimum Gasteiger partial charge on any atom is -0.340 e. The zero-order valence-corrected chi connectivity index (χ0v) is 8.98. The topological polar surface area (TPSA) is 74.8 Å². The molecule has 3 rings (SSSR count). The number of nitrogens with one attached hydrogen (secondary N) is 1. The largest absolute Gasteiger partial charge is 0.340 e. The monoisotopic (exact) mass is 237 g/mol. The van der Waals surface area contributed by atoms with Gasteiger partial charge in [-0.05, 0) is 0 Å². The van der Waals surface area contributed by atoms with Gasteiger partial charge < -0.3 is 4.98 Å². The van der Waals surface area contributed by atoms with Gasteiger partial charge in [0.05, 0.1) is 11.7 Å². The van der Waals surface area contributed by atoms with Crippen LogP contribution in [0.2, 0.25) is 0 Å². The Balaban J connectivity index is 2.12. The van der Waals surface area contributed by atoms with E-state index in [2.05, 4.69) is 19.9 Å². The first-order valence-electron chi connectivity index (χ1n) is 4.84. The number of H-pyrrole nitrogens is 1. The van der Waals surface area contributed by atoms with Gasteiger partial charge in [-0.25, -0.2) is 15.0 Å². The number of rotatable bonds is 1. The predicted molar refractivity (Wildman–Crippen MR) is 58.3 cm³/mol. The molecule has 82 valence electrons. The van der Waals surface area contributed by atoms with Crippen LogP contribution in [0.5, 0.6) is 0 Å². The van der Waals surface area contributed by atoms with Gasteiger partial charge in [0.15, 0.2) is 11.5 Å². The third-order valence-electron chi connectivity index (χ3n) is 2.54. The van der Waals surface area contributed by atoms with Crippen LogP contribution in [0.25, 0.3) is 11.2 Å². The lowest BCUT2D eigenvalue weighted by atomic mass is 10.4. The summed E-state index contributed by atoms with van der Waals surface area (Å²) in [5.41, 5.74) is 1.22. The number of aromatic amines is 1. The molecule has 2 aromatic rings. The summed E-state index contributed by atoms with van der Waals surface area (Å²) in [5.74, 6) is 0.533. The van der Waals surface area contributed by atoms with Gasteiger partial charge in [-0.15, -0.1) is 11.6 Å². The molecule has 1 unspecified atom stereocenters. The molecule has 6 nitrogen and oxygen atoms in total. The number of halogens is 1. The third-order valence-corrected chi connectivity index (χ3v) is 2.83. The van der Waals surface area contributed by atoms with Crippen molar-refractivity contribution in [2.45, 2.75) is 11.8 Å². The predicted octanol–water partition coefficient (Wildman–Crippen LogP) is 0.697. The maximum absolute atomic E-state index is 11.7. The Labute approximate surface area is 95.7 Å². The highest BCUT2D eigenvalue weighted by Gasteiger charge is 2.31. The lowest BCUT2D eigenvalue weighted by Gasteiger charge is -2.14. The second-order valence-corrected chi connectivity index (χ2v) is 4.22. The number of hydrogen-bond acceptors (Lipinski definition) is 4. The maximum atomic E-state index is 11.7. The van der Waals surface area contributed by atoms with Crippen molar-refractivity contribution in [1.82, 2.24) is 19.9 Å². The van der Waals surface area contributed by atoms with Gasteiger partial charge >= 0.3 is 0 Å². The molecule has 0 spiro atoms. The summed E-state index contributed by atoms with van der Waals surface area (Å²) in [4.78, 5) is 28.3. The molecule has 1 aliphatic rings. The number of nitrogens with zero attached hydrogens (tertiary/aromatic N) is 4. The highest BCUT2D eigenvalue weighted by Crippen LogP contribution is 2.26. The molecule has 7 heteroatoms. The molecular formula is C9H8ClN5O. The fraction of sp³-hybridized carbons (Fsp3) is 0.333. The normalized spacial score (nSPS) is 20.9. The van der Waals surface area contributed by atoms with Crippen molar-refractivity contribution in [1.29, 1.82) is 0 Å². The number of amides is 1. The van der Waals surface area contributed by atoms with Crippen molar-refractivity contribution in [3.05, 3.63) is 12.7 Å². The molecule has 1 aliphatic heterocycles. The molecule has 3 heterocycles. The summed E-state index contributed by atoms with van der Waals surface area (Å²) in [6, 6.07) is 0. The molecule has 0 saturated carbocycles. The zero-order valence-electron chi connectivity index (χ0n) is 8.22. The van der Waals surface area contributed by atoms with E-state index in [0.29, 0.717) is 29.9 Å². The summed E-state index contributed by atoms with van der Waals surface area (Å²) in [6.07, 6.45) is 3.27. The van der Waals surface area contributed by atoms with Crippen molar-refractivity contribution in [3.8, 4) is 0 Å². The number of imidazole rings is 1. The molecule has 2 aromatic heterocycles. The summed E-state index contributed by atoms with van der Waals surface area (Å²) >= 11 is 5.95. The molecular weight excluding hydrogens is 230 g/mol. The smallest absolute Gasteiger partial charge is 0.229 e. The average molecular weight is 238 g/mol. The molecule has 1 N–H and O–H groups in total. The van der Waals surface area contributed by atoms with Crippen molar-refractivity contribution in [2.75, 3.05) is 11.4 Å². The van der Waals surface area contributed by atoms with Gasteiger partial charge in [-0.3, -0.25) is 9.69 Å². The lowest BCUT2D eigenvalue weighted by Crippen LogP contribution is -2.26. The van der Waals surface area contributed by atoms with Crippen molar-refractivity contribution >= 4 is 34.5 Å². The van der Waals surface area contributed by atoms with E-state index in [1.54, 1.807) is 4.90 Å². The Morgan fingerprint density at radius 2 is 2.31 bits per heavy atom. The second-order valence-electron chi connectivity index (χ2n) is 3.60. The fourth-order valence-corrected chi connectivity index (χ4v) is 2.10. The minimum atomic E-state index is -0.152. The van der Waals surface area contributed by atoms with Crippen LogP contribution >= 0.6 is 11.6 Å². The number of anilines is 1. The number of carbonyl (C=O) groups is 1. The van der Waals surface area contributed by atoms with E-state index in [9.17, 15) is 4.79 Å². The van der Waals surface area contributed by atoms with Gasteiger partial charge in [0, 0.05) is 13.0 Å². The Morgan fingerprint density at radius 3 is 3.06 bits per heavy atom. The minimum absolute atomic E-state index is 0.0189. The van der Waals surface area contributed by atoms with Crippen LogP contribution in [-0.2, 0) is 4.79 Å². The second kappa shape index (κ2) is 3.41. The van der Waals surface area contributed by atoms with E-state index in [0.717, 1.165) is 0 Å². The lowest BCUT2D eigenvalue weighted by molar-refractivity contribution is -0.117. The Morgan fingerprint density at radius 1 is 1.44 bits per heavy atom. The van der Waals surface area contributed by atoms with Crippen LogP contribution in [0.4, 0.5) is 5.82 Å². The van der Waals surface area contributed by atoms with Crippen molar-refractivity contribution < 1.29 is 4.79 Å². The van der Waals surface area contributed by atoms with Crippen LogP contribution in [0.3, 0.4) is 0 Å². The SMILES string of the molecule is O=C1CC(Cl)CN1c1ncnc2nc[nH]c12. The number of carbonyl (C=O) groups excluding carboxylic acids is 1. The standard InChI is InChI=1S/C9H8ClN5O/c10-5-1-6(16)15(2-5)9-7-8(12-3-11-7)13-4-14-9/h3-5H,1-2H2,(H,11,12,13,14). The Hall–Kier alpha value is -1.69. The molecule has 0 bridgehead atoms. The van der Waals surface area contributed by atoms with E-state index in [1.165, 1.54) is 12.7 Å². The van der Waals surface area contributed by atoms with Gasteiger partial charge in [-0.2, -0.15) is 0 Å². The number of hydrogen-bond donors (Lipinski definition) is 1. The highest BCUT2D eigenvalue weighted by atomic mass is 35.5. The maximum Gasteiger partial charge on any atom is 0.229 e. The Bertz CT molecular complexity index is 554. The zero-order chi connectivity index (χ0) is 11.1. The van der Waals surface area contributed by atoms with E-state index in [4.69, 9.17) is 11.6 Å². The van der Waals surface area contributed by atoms with Gasteiger partial charge in [0.2, 0.25) is 5.91 Å². The number of fused-ring (bicyclic) bond motifs is 1. The van der Waals surface area contributed by atoms with Crippen LogP contribution in [-0.4, -0.2) is 37.8 Å². The summed E-state index contributed by atoms with van der Waals surface area (Å²) in [6.45, 7) is 0.478. The van der Waals surface area contributed by atoms with E-state index in [-0.39, 0.29) is 11.3 Å². The quantitative estimate of drug-likeness (QED) is 0.741. The van der Waals surface area contributed by atoms with Gasteiger partial charge in [0.1, 0.15) is 11.8 Å². The molecule has 0 aliphatic carbocycles. The fourth-order valence-electron chi connectivity index (χ4n) is 1.83. The van der Waals surface area contributed by atoms with Gasteiger partial charge in [0.25, 0.3) is 0 Å². The molecule has 1 atom stereocenters. The average Bonchev–Trinajstić information content (AvgIpc) is 2.84. The van der Waals surface area contributed by atoms with Gasteiger partial charge in [-0.1, -0.05) is 0 Å². The molecule has 0 aromatic carbocycles. The Kier molecular flexibility index (Phi) is 2.03. The summed E-state index contributed by atoms with van der Waals surface area (Å²) in [5, 5.41) is -0.152. The first-order chi connectivity index (χ1) is 7.75. The molecule has 16 heavy (non-hydrogen) atoms. The van der Waals surface area contributed by atoms with E-state index >= 15 is 0 Å². The van der Waals surface area contributed by atoms with Crippen LogP contribution in [0.1, 0.15) is 6.42 Å². The van der Waals surface area contributed by atoms with Crippen LogP contribution in [0.15, 0.2) is 12.7 Å². The molecule has 1 amide bonds. The van der Waals surface area contributed by atoms with Crippen molar-refractivity contribution in [2.24, 2.45) is 0 Å². The number of alkyl halides is 1. The first kappa shape index (κ1) is 9.53. The molecule has 1 fully saturated rings. The van der Waals surface area contributed by atoms with Crippen LogP contribution in [0, 0.1) is 0 Å².